The summed E-state index contributed by atoms with van der Waals surface area (Å²) < 4.78 is 5.55. The van der Waals surface area contributed by atoms with Crippen molar-refractivity contribution in [1.82, 2.24) is 0 Å². The summed E-state index contributed by atoms with van der Waals surface area (Å²) in [5.41, 5.74) is 0. The topological polar surface area (TPSA) is 69.9 Å². The van der Waals surface area contributed by atoms with Crippen molar-refractivity contribution >= 4 is 0 Å². The predicted molar refractivity (Wildman–Crippen MR) is 60.8 cm³/mol. The lowest BCUT2D eigenvalue weighted by Gasteiger charge is -2.15. The molecule has 0 saturated heterocycles. The van der Waals surface area contributed by atoms with E-state index in [-0.39, 0.29) is 13.2 Å². The number of hydrogen-bond donors (Lipinski definition) is 3. The Morgan fingerprint density at radius 3 is 1.40 bits per heavy atom. The Bertz CT molecular complexity index is 107. The molecule has 4 heteroatoms. The van der Waals surface area contributed by atoms with Crippen molar-refractivity contribution in [2.75, 3.05) is 13.2 Å². The van der Waals surface area contributed by atoms with Crippen molar-refractivity contribution in [2.24, 2.45) is 0 Å². The van der Waals surface area contributed by atoms with Crippen LogP contribution in [-0.2, 0) is 4.74 Å². The van der Waals surface area contributed by atoms with E-state index < -0.39 is 6.10 Å². The van der Waals surface area contributed by atoms with Crippen LogP contribution in [0.2, 0.25) is 0 Å². The molecule has 15 heavy (non-hydrogen) atoms. The van der Waals surface area contributed by atoms with Crippen LogP contribution in [0.5, 0.6) is 0 Å². The van der Waals surface area contributed by atoms with E-state index in [0.717, 1.165) is 12.8 Å². The number of hydrogen-bond acceptors (Lipinski definition) is 4. The van der Waals surface area contributed by atoms with Gasteiger partial charge in [0, 0.05) is 0 Å². The minimum absolute atomic E-state index is 0.365. The van der Waals surface area contributed by atoms with Crippen LogP contribution in [0.25, 0.3) is 0 Å². The Labute approximate surface area is 92.9 Å². The van der Waals surface area contributed by atoms with Gasteiger partial charge in [-0.3, -0.25) is 0 Å². The summed E-state index contributed by atoms with van der Waals surface area (Å²) in [4.78, 5) is 0. The first-order valence-corrected chi connectivity index (χ1v) is 5.56. The van der Waals surface area contributed by atoms with Gasteiger partial charge in [0.2, 0.25) is 0 Å². The van der Waals surface area contributed by atoms with Crippen LogP contribution >= 0.6 is 0 Å². The molecule has 3 N–H and O–H groups in total. The molecule has 0 aliphatic carbocycles. The first-order valence-electron chi connectivity index (χ1n) is 5.56. The average molecular weight is 222 g/mol. The number of aliphatic hydroxyl groups excluding tert-OH is 3. The van der Waals surface area contributed by atoms with E-state index in [1.807, 2.05) is 0 Å². The zero-order chi connectivity index (χ0) is 12.3. The molecule has 0 aliphatic heterocycles. The van der Waals surface area contributed by atoms with Gasteiger partial charge in [-0.25, -0.2) is 0 Å². The Hall–Kier alpha value is -0.160. The Morgan fingerprint density at radius 1 is 0.933 bits per heavy atom. The van der Waals surface area contributed by atoms with Gasteiger partial charge in [0.05, 0.1) is 25.4 Å². The monoisotopic (exact) mass is 222 g/mol. The Kier molecular flexibility index (Phi) is 13.7. The van der Waals surface area contributed by atoms with Gasteiger partial charge in [-0.15, -0.1) is 0 Å². The lowest BCUT2D eigenvalue weighted by molar-refractivity contribution is 0.00511. The molecule has 0 rings (SSSR count). The van der Waals surface area contributed by atoms with Gasteiger partial charge < -0.3 is 20.1 Å². The van der Waals surface area contributed by atoms with E-state index in [0.29, 0.717) is 12.2 Å². The molecule has 0 bridgehead atoms. The van der Waals surface area contributed by atoms with Gasteiger partial charge in [-0.2, -0.15) is 0 Å². The lowest BCUT2D eigenvalue weighted by Crippen LogP contribution is -2.15. The van der Waals surface area contributed by atoms with Crippen LogP contribution in [0, 0.1) is 0 Å². The fourth-order valence-corrected chi connectivity index (χ4v) is 0.647. The number of ether oxygens (including phenoxy) is 1. The standard InChI is InChI=1S/C8H18O.C3H8O3/c1-5-7(3)9-8(4)6-2;4-1-3(6)2-5/h7-8H,5-6H2,1-4H3;3-6H,1-2H2. The highest BCUT2D eigenvalue weighted by Crippen LogP contribution is 2.03. The summed E-state index contributed by atoms with van der Waals surface area (Å²) in [7, 11) is 0. The quantitative estimate of drug-likeness (QED) is 0.625. The highest BCUT2D eigenvalue weighted by atomic mass is 16.5. The second kappa shape index (κ2) is 11.9. The smallest absolute Gasteiger partial charge is 0.100 e. The van der Waals surface area contributed by atoms with Crippen LogP contribution in [0.15, 0.2) is 0 Å². The van der Waals surface area contributed by atoms with E-state index in [9.17, 15) is 0 Å². The molecule has 0 heterocycles. The maximum absolute atomic E-state index is 8.17. The van der Waals surface area contributed by atoms with E-state index >= 15 is 0 Å². The number of rotatable bonds is 6. The second-order valence-electron chi connectivity index (χ2n) is 3.59. The molecule has 0 amide bonds. The van der Waals surface area contributed by atoms with Gasteiger partial charge >= 0.3 is 0 Å². The largest absolute Gasteiger partial charge is 0.394 e. The highest BCUT2D eigenvalue weighted by molar-refractivity contribution is 4.50. The summed E-state index contributed by atoms with van der Waals surface area (Å²) >= 11 is 0. The molecular formula is C11H26O4. The second-order valence-corrected chi connectivity index (χ2v) is 3.59. The first kappa shape index (κ1) is 17.2. The van der Waals surface area contributed by atoms with Crippen molar-refractivity contribution < 1.29 is 20.1 Å². The van der Waals surface area contributed by atoms with Crippen LogP contribution < -0.4 is 0 Å². The zero-order valence-corrected chi connectivity index (χ0v) is 10.3. The van der Waals surface area contributed by atoms with Gasteiger partial charge in [0.1, 0.15) is 6.10 Å². The van der Waals surface area contributed by atoms with Crippen LogP contribution in [-0.4, -0.2) is 46.8 Å². The molecular weight excluding hydrogens is 196 g/mol. The molecule has 0 radical (unpaired) electrons. The summed E-state index contributed by atoms with van der Waals surface area (Å²) in [6, 6.07) is 0. The van der Waals surface area contributed by atoms with E-state index in [2.05, 4.69) is 27.7 Å². The number of aliphatic hydroxyl groups is 3. The first-order chi connectivity index (χ1) is 7.01. The SMILES string of the molecule is CCC(C)OC(C)CC.OCC(O)CO. The Morgan fingerprint density at radius 2 is 1.27 bits per heavy atom. The Balaban J connectivity index is 0. The third kappa shape index (κ3) is 13.8. The third-order valence-electron chi connectivity index (χ3n) is 2.04. The van der Waals surface area contributed by atoms with Crippen LogP contribution in [0.1, 0.15) is 40.5 Å². The summed E-state index contributed by atoms with van der Waals surface area (Å²) in [6.07, 6.45) is 2.14. The van der Waals surface area contributed by atoms with Gasteiger partial charge in [0.25, 0.3) is 0 Å². The van der Waals surface area contributed by atoms with E-state index in [1.54, 1.807) is 0 Å². The van der Waals surface area contributed by atoms with E-state index in [4.69, 9.17) is 20.1 Å². The van der Waals surface area contributed by atoms with Gasteiger partial charge in [-0.05, 0) is 26.7 Å². The predicted octanol–water partition coefficient (Wildman–Crippen LogP) is 0.932. The lowest BCUT2D eigenvalue weighted by atomic mass is 10.3. The summed E-state index contributed by atoms with van der Waals surface area (Å²) in [5, 5.41) is 24.0. The third-order valence-corrected chi connectivity index (χ3v) is 2.04. The van der Waals surface area contributed by atoms with Crippen LogP contribution in [0.3, 0.4) is 0 Å². The van der Waals surface area contributed by atoms with E-state index in [1.165, 1.54) is 0 Å². The fraction of sp³-hybridized carbons (Fsp3) is 1.00. The highest BCUT2D eigenvalue weighted by Gasteiger charge is 2.02. The zero-order valence-electron chi connectivity index (χ0n) is 10.3. The minimum atomic E-state index is -0.954. The minimum Gasteiger partial charge on any atom is -0.394 e. The molecule has 0 fully saturated rings. The molecule has 0 aromatic rings. The summed E-state index contributed by atoms with van der Waals surface area (Å²) in [5.74, 6) is 0. The van der Waals surface area contributed by atoms with Gasteiger partial charge in [-0.1, -0.05) is 13.8 Å². The van der Waals surface area contributed by atoms with Crippen molar-refractivity contribution in [3.05, 3.63) is 0 Å². The average Bonchev–Trinajstić information content (AvgIpc) is 2.28. The molecule has 4 nitrogen and oxygen atoms in total. The maximum Gasteiger partial charge on any atom is 0.100 e. The van der Waals surface area contributed by atoms with Gasteiger partial charge in [0.15, 0.2) is 0 Å². The molecule has 2 unspecified atom stereocenters. The molecule has 2 atom stereocenters. The van der Waals surface area contributed by atoms with Crippen LogP contribution in [0.4, 0.5) is 0 Å². The molecule has 0 spiro atoms. The maximum atomic E-state index is 8.17. The molecule has 94 valence electrons. The van der Waals surface area contributed by atoms with Crippen molar-refractivity contribution in [3.63, 3.8) is 0 Å². The summed E-state index contributed by atoms with van der Waals surface area (Å²) in [6.45, 7) is 7.80. The molecule has 0 aliphatic rings. The molecule has 0 aromatic heterocycles. The molecule has 0 saturated carbocycles. The normalized spacial score (nSPS) is 14.4. The molecule has 0 aromatic carbocycles. The van der Waals surface area contributed by atoms with Crippen molar-refractivity contribution in [1.29, 1.82) is 0 Å². The fourth-order valence-electron chi connectivity index (χ4n) is 0.647. The van der Waals surface area contributed by atoms with Crippen molar-refractivity contribution in [3.8, 4) is 0 Å². The van der Waals surface area contributed by atoms with Crippen molar-refractivity contribution in [2.45, 2.75) is 58.8 Å².